The average molecular weight is 398 g/mol. The van der Waals surface area contributed by atoms with Crippen LogP contribution in [0.25, 0.3) is 11.4 Å². The molecule has 4 rings (SSSR count). The van der Waals surface area contributed by atoms with Crippen LogP contribution in [0.4, 0.5) is 4.39 Å². The molecule has 28 heavy (non-hydrogen) atoms. The van der Waals surface area contributed by atoms with E-state index in [4.69, 9.17) is 17.0 Å². The molecule has 0 fully saturated rings. The molecule has 1 atom stereocenters. The number of nitrogens with zero attached hydrogens (tertiary/aromatic N) is 2. The second-order valence-electron chi connectivity index (χ2n) is 6.63. The van der Waals surface area contributed by atoms with Crippen molar-refractivity contribution in [2.24, 2.45) is 0 Å². The summed E-state index contributed by atoms with van der Waals surface area (Å²) in [5.74, 6) is 0.887. The van der Waals surface area contributed by atoms with Gasteiger partial charge in [0.2, 0.25) is 5.91 Å². The Labute approximate surface area is 166 Å². The number of nitrogens with one attached hydrogen (secondary N) is 2. The first-order valence-corrected chi connectivity index (χ1v) is 9.34. The summed E-state index contributed by atoms with van der Waals surface area (Å²) < 4.78 is 21.1. The number of aromatic nitrogens is 3. The number of rotatable bonds is 5. The van der Waals surface area contributed by atoms with Crippen LogP contribution in [0.5, 0.6) is 5.75 Å². The molecule has 0 saturated heterocycles. The maximum Gasteiger partial charge on any atom is 0.240 e. The number of H-pyrrole nitrogens is 1. The zero-order valence-corrected chi connectivity index (χ0v) is 16.1. The van der Waals surface area contributed by atoms with E-state index in [-0.39, 0.29) is 24.3 Å². The zero-order chi connectivity index (χ0) is 19.7. The van der Waals surface area contributed by atoms with Gasteiger partial charge in [-0.15, -0.1) is 0 Å². The summed E-state index contributed by atoms with van der Waals surface area (Å²) in [6.45, 7) is 0.0256. The molecule has 0 radical (unpaired) electrons. The standard InChI is InChI=1S/C20H19FN4O2S/c1-27-13-7-5-12(6-8-13)19-23-24-20(28)25(19)11-18(26)22-17-10-9-14-15(17)3-2-4-16(14)21/h2-8,17H,9-11H2,1H3,(H,22,26)(H,24,28). The zero-order valence-electron chi connectivity index (χ0n) is 15.2. The van der Waals surface area contributed by atoms with Crippen molar-refractivity contribution in [3.8, 4) is 17.1 Å². The number of fused-ring (bicyclic) bond motifs is 1. The molecule has 6 nitrogen and oxygen atoms in total. The Hall–Kier alpha value is -3.00. The van der Waals surface area contributed by atoms with Gasteiger partial charge in [-0.25, -0.2) is 4.39 Å². The third-order valence-electron chi connectivity index (χ3n) is 4.96. The largest absolute Gasteiger partial charge is 0.497 e. The molecule has 1 aliphatic rings. The molecule has 1 heterocycles. The lowest BCUT2D eigenvalue weighted by Crippen LogP contribution is -2.30. The topological polar surface area (TPSA) is 71.9 Å². The highest BCUT2D eigenvalue weighted by molar-refractivity contribution is 7.71. The van der Waals surface area contributed by atoms with Crippen LogP contribution in [0.2, 0.25) is 0 Å². The Morgan fingerprint density at radius 2 is 2.14 bits per heavy atom. The number of halogens is 1. The summed E-state index contributed by atoms with van der Waals surface area (Å²) in [7, 11) is 1.60. The molecule has 1 unspecified atom stereocenters. The van der Waals surface area contributed by atoms with E-state index in [0.29, 0.717) is 29.0 Å². The van der Waals surface area contributed by atoms with E-state index in [1.54, 1.807) is 17.7 Å². The normalized spacial score (nSPS) is 15.3. The predicted octanol–water partition coefficient (Wildman–Crippen LogP) is 3.56. The van der Waals surface area contributed by atoms with Crippen molar-refractivity contribution >= 4 is 18.1 Å². The Bertz CT molecular complexity index is 1070. The van der Waals surface area contributed by atoms with Gasteiger partial charge in [-0.3, -0.25) is 14.5 Å². The first-order chi connectivity index (χ1) is 13.6. The van der Waals surface area contributed by atoms with Crippen molar-refractivity contribution in [1.82, 2.24) is 20.1 Å². The third-order valence-corrected chi connectivity index (χ3v) is 5.27. The van der Waals surface area contributed by atoms with Crippen molar-refractivity contribution in [2.45, 2.75) is 25.4 Å². The number of aromatic amines is 1. The molecular weight excluding hydrogens is 379 g/mol. The Kier molecular flexibility index (Phi) is 4.95. The number of methoxy groups -OCH3 is 1. The van der Waals surface area contributed by atoms with Crippen molar-refractivity contribution < 1.29 is 13.9 Å². The summed E-state index contributed by atoms with van der Waals surface area (Å²) >= 11 is 5.29. The minimum Gasteiger partial charge on any atom is -0.497 e. The van der Waals surface area contributed by atoms with Crippen molar-refractivity contribution in [3.05, 3.63) is 64.2 Å². The maximum atomic E-state index is 13.9. The first kappa shape index (κ1) is 18.4. The lowest BCUT2D eigenvalue weighted by molar-refractivity contribution is -0.122. The highest BCUT2D eigenvalue weighted by Gasteiger charge is 2.26. The van der Waals surface area contributed by atoms with Gasteiger partial charge in [0.05, 0.1) is 13.2 Å². The van der Waals surface area contributed by atoms with Gasteiger partial charge in [-0.1, -0.05) is 12.1 Å². The minimum absolute atomic E-state index is 0.0256. The Morgan fingerprint density at radius 3 is 2.89 bits per heavy atom. The molecular formula is C20H19FN4O2S. The fraction of sp³-hybridized carbons (Fsp3) is 0.250. The maximum absolute atomic E-state index is 13.9. The summed E-state index contributed by atoms with van der Waals surface area (Å²) in [5.41, 5.74) is 2.35. The highest BCUT2D eigenvalue weighted by Crippen LogP contribution is 2.32. The number of hydrogen-bond acceptors (Lipinski definition) is 4. The molecule has 2 N–H and O–H groups in total. The molecule has 0 bridgehead atoms. The summed E-state index contributed by atoms with van der Waals surface area (Å²) in [5, 5.41) is 9.98. The summed E-state index contributed by atoms with van der Waals surface area (Å²) in [6, 6.07) is 12.2. The smallest absolute Gasteiger partial charge is 0.240 e. The van der Waals surface area contributed by atoms with Crippen LogP contribution in [0.3, 0.4) is 0 Å². The van der Waals surface area contributed by atoms with E-state index in [2.05, 4.69) is 15.5 Å². The molecule has 1 aromatic heterocycles. The molecule has 3 aromatic rings. The Balaban J connectivity index is 1.52. The second kappa shape index (κ2) is 7.55. The quantitative estimate of drug-likeness (QED) is 0.645. The molecule has 2 aromatic carbocycles. The van der Waals surface area contributed by atoms with Crippen LogP contribution in [0, 0.1) is 10.6 Å². The SMILES string of the molecule is COc1ccc(-c2n[nH]c(=S)n2CC(=O)NC2CCc3c(F)cccc32)cc1. The summed E-state index contributed by atoms with van der Waals surface area (Å²) in [6.07, 6.45) is 1.30. The van der Waals surface area contributed by atoms with E-state index in [1.807, 2.05) is 30.3 Å². The fourth-order valence-corrected chi connectivity index (χ4v) is 3.76. The fourth-order valence-electron chi connectivity index (χ4n) is 3.57. The van der Waals surface area contributed by atoms with Gasteiger partial charge in [0.1, 0.15) is 18.1 Å². The van der Waals surface area contributed by atoms with Crippen LogP contribution < -0.4 is 10.1 Å². The molecule has 1 amide bonds. The molecule has 144 valence electrons. The molecule has 8 heteroatoms. The molecule has 0 aliphatic heterocycles. The van der Waals surface area contributed by atoms with Gasteiger partial charge in [-0.05, 0) is 66.5 Å². The number of benzene rings is 2. The van der Waals surface area contributed by atoms with Crippen LogP contribution in [0.15, 0.2) is 42.5 Å². The van der Waals surface area contributed by atoms with Crippen molar-refractivity contribution in [1.29, 1.82) is 0 Å². The van der Waals surface area contributed by atoms with Crippen molar-refractivity contribution in [3.63, 3.8) is 0 Å². The number of carbonyl (C=O) groups excluding carboxylic acids is 1. The van der Waals surface area contributed by atoms with E-state index in [1.165, 1.54) is 6.07 Å². The van der Waals surface area contributed by atoms with E-state index < -0.39 is 0 Å². The van der Waals surface area contributed by atoms with Gasteiger partial charge in [0.25, 0.3) is 0 Å². The molecule has 0 spiro atoms. The van der Waals surface area contributed by atoms with Gasteiger partial charge >= 0.3 is 0 Å². The van der Waals surface area contributed by atoms with Gasteiger partial charge in [-0.2, -0.15) is 5.10 Å². The number of amides is 1. The second-order valence-corrected chi connectivity index (χ2v) is 7.02. The number of carbonyl (C=O) groups is 1. The lowest BCUT2D eigenvalue weighted by Gasteiger charge is -2.15. The van der Waals surface area contributed by atoms with Gasteiger partial charge in [0.15, 0.2) is 10.6 Å². The van der Waals surface area contributed by atoms with E-state index >= 15 is 0 Å². The van der Waals surface area contributed by atoms with E-state index in [9.17, 15) is 9.18 Å². The van der Waals surface area contributed by atoms with Gasteiger partial charge < -0.3 is 10.1 Å². The monoisotopic (exact) mass is 398 g/mol. The van der Waals surface area contributed by atoms with Gasteiger partial charge in [0, 0.05) is 5.56 Å². The Morgan fingerprint density at radius 1 is 1.36 bits per heavy atom. The lowest BCUT2D eigenvalue weighted by atomic mass is 10.1. The minimum atomic E-state index is -0.215. The average Bonchev–Trinajstić information content (AvgIpc) is 3.27. The van der Waals surface area contributed by atoms with Crippen LogP contribution in [0.1, 0.15) is 23.6 Å². The van der Waals surface area contributed by atoms with E-state index in [0.717, 1.165) is 16.9 Å². The summed E-state index contributed by atoms with van der Waals surface area (Å²) in [4.78, 5) is 12.7. The predicted molar refractivity (Wildman–Crippen MR) is 105 cm³/mol. The molecule has 0 saturated carbocycles. The number of hydrogen-bond donors (Lipinski definition) is 2. The van der Waals surface area contributed by atoms with Crippen molar-refractivity contribution in [2.75, 3.05) is 7.11 Å². The van der Waals surface area contributed by atoms with Crippen LogP contribution in [-0.4, -0.2) is 27.8 Å². The first-order valence-electron chi connectivity index (χ1n) is 8.93. The van der Waals surface area contributed by atoms with Crippen LogP contribution >= 0.6 is 12.2 Å². The third kappa shape index (κ3) is 3.43. The highest BCUT2D eigenvalue weighted by atomic mass is 32.1. The van der Waals surface area contributed by atoms with Crippen LogP contribution in [-0.2, 0) is 17.8 Å². The molecule has 1 aliphatic carbocycles. The number of ether oxygens (including phenoxy) is 1.